The van der Waals surface area contributed by atoms with Crippen LogP contribution in [0.25, 0.3) is 0 Å². The molecule has 2 aliphatic heterocycles. The molecule has 6 heteroatoms. The summed E-state index contributed by atoms with van der Waals surface area (Å²) in [5, 5.41) is 11.5. The lowest BCUT2D eigenvalue weighted by Gasteiger charge is -2.32. The van der Waals surface area contributed by atoms with Gasteiger partial charge in [-0.3, -0.25) is 14.4 Å². The van der Waals surface area contributed by atoms with Crippen molar-refractivity contribution in [2.45, 2.75) is 32.9 Å². The fourth-order valence-corrected chi connectivity index (χ4v) is 4.69. The minimum Gasteiger partial charge on any atom is -0.508 e. The normalized spacial score (nSPS) is 24.8. The van der Waals surface area contributed by atoms with Gasteiger partial charge in [-0.2, -0.15) is 0 Å². The van der Waals surface area contributed by atoms with Crippen molar-refractivity contribution < 1.29 is 19.5 Å². The van der Waals surface area contributed by atoms with Crippen molar-refractivity contribution in [1.29, 1.82) is 0 Å². The van der Waals surface area contributed by atoms with E-state index >= 15 is 0 Å². The molecule has 2 saturated heterocycles. The van der Waals surface area contributed by atoms with Gasteiger partial charge in [-0.05, 0) is 73.9 Å². The highest BCUT2D eigenvalue weighted by Gasteiger charge is 2.68. The Morgan fingerprint density at radius 1 is 0.875 bits per heavy atom. The molecule has 3 unspecified atom stereocenters. The van der Waals surface area contributed by atoms with Crippen LogP contribution >= 0.6 is 0 Å². The lowest BCUT2D eigenvalue weighted by molar-refractivity contribution is -0.128. The second kappa shape index (κ2) is 7.21. The molecule has 0 aromatic heterocycles. The van der Waals surface area contributed by atoms with E-state index in [9.17, 15) is 14.7 Å². The summed E-state index contributed by atoms with van der Waals surface area (Å²) in [4.78, 5) is 34.9. The molecule has 2 aliphatic rings. The predicted molar refractivity (Wildman–Crippen MR) is 121 cm³/mol. The zero-order valence-electron chi connectivity index (χ0n) is 18.1. The largest absolute Gasteiger partial charge is 0.508 e. The van der Waals surface area contributed by atoms with Crippen molar-refractivity contribution in [3.8, 4) is 5.75 Å². The number of phenols is 1. The Labute approximate surface area is 186 Å². The molecule has 0 bridgehead atoms. The average molecular weight is 428 g/mol. The number of rotatable bonds is 3. The molecule has 2 fully saturated rings. The van der Waals surface area contributed by atoms with Gasteiger partial charge in [0.1, 0.15) is 11.2 Å². The Balaban J connectivity index is 1.64. The zero-order valence-corrected chi connectivity index (χ0v) is 18.1. The third-order valence-electron chi connectivity index (χ3n) is 6.64. The van der Waals surface area contributed by atoms with Gasteiger partial charge in [-0.1, -0.05) is 36.4 Å². The smallest absolute Gasteiger partial charge is 0.266 e. The number of benzene rings is 3. The van der Waals surface area contributed by atoms with Crippen LogP contribution in [0.1, 0.15) is 29.7 Å². The number of anilines is 2. The van der Waals surface area contributed by atoms with Gasteiger partial charge in [0.2, 0.25) is 5.91 Å². The molecule has 3 aromatic rings. The SMILES string of the molecule is Cc1ccc(N2C(=O)C3ON(c4ccccc4)C(c4ccc(O)cc4)C3(C)C2=O)cc1C. The Hall–Kier alpha value is -3.64. The molecule has 0 radical (unpaired) electrons. The summed E-state index contributed by atoms with van der Waals surface area (Å²) in [7, 11) is 0. The molecule has 0 aliphatic carbocycles. The zero-order chi connectivity index (χ0) is 22.6. The number of hydrogen-bond donors (Lipinski definition) is 1. The van der Waals surface area contributed by atoms with Crippen LogP contribution in [-0.4, -0.2) is 23.0 Å². The second-order valence-electron chi connectivity index (χ2n) is 8.67. The predicted octanol–water partition coefficient (Wildman–Crippen LogP) is 4.45. The lowest BCUT2D eigenvalue weighted by Crippen LogP contribution is -2.41. The average Bonchev–Trinajstić information content (AvgIpc) is 3.20. The van der Waals surface area contributed by atoms with Crippen LogP contribution in [0.15, 0.2) is 72.8 Å². The number of hydrogen-bond acceptors (Lipinski definition) is 5. The van der Waals surface area contributed by atoms with E-state index in [-0.39, 0.29) is 17.6 Å². The van der Waals surface area contributed by atoms with Gasteiger partial charge in [-0.25, -0.2) is 9.96 Å². The summed E-state index contributed by atoms with van der Waals surface area (Å²) in [6.45, 7) is 5.74. The van der Waals surface area contributed by atoms with Gasteiger partial charge in [-0.15, -0.1) is 0 Å². The van der Waals surface area contributed by atoms with Crippen molar-refractivity contribution in [1.82, 2.24) is 0 Å². The molecular weight excluding hydrogens is 404 g/mol. The minimum absolute atomic E-state index is 0.131. The van der Waals surface area contributed by atoms with Gasteiger partial charge in [0.25, 0.3) is 5.91 Å². The van der Waals surface area contributed by atoms with Crippen molar-refractivity contribution in [3.05, 3.63) is 89.5 Å². The van der Waals surface area contributed by atoms with Crippen LogP contribution in [0.4, 0.5) is 11.4 Å². The molecule has 1 N–H and O–H groups in total. The molecule has 3 aromatic carbocycles. The molecule has 2 heterocycles. The standard InChI is InChI=1S/C26H24N2O4/c1-16-9-12-20(15-17(16)2)27-24(30)23-26(3,25(27)31)22(18-10-13-21(29)14-11-18)28(32-23)19-7-5-4-6-8-19/h4-15,22-23,29H,1-3H3. The first-order chi connectivity index (χ1) is 15.3. The highest BCUT2D eigenvalue weighted by atomic mass is 16.7. The Bertz CT molecular complexity index is 1210. The number of imide groups is 1. The Morgan fingerprint density at radius 3 is 2.22 bits per heavy atom. The van der Waals surface area contributed by atoms with E-state index in [4.69, 9.17) is 4.84 Å². The van der Waals surface area contributed by atoms with Crippen LogP contribution in [0.3, 0.4) is 0 Å². The summed E-state index contributed by atoms with van der Waals surface area (Å²) in [5.41, 5.74) is 3.03. The van der Waals surface area contributed by atoms with Gasteiger partial charge in [0.05, 0.1) is 17.4 Å². The molecule has 2 amide bonds. The number of carbonyl (C=O) groups is 2. The van der Waals surface area contributed by atoms with E-state index < -0.39 is 17.6 Å². The second-order valence-corrected chi connectivity index (χ2v) is 8.67. The van der Waals surface area contributed by atoms with Gasteiger partial charge >= 0.3 is 0 Å². The summed E-state index contributed by atoms with van der Waals surface area (Å²) >= 11 is 0. The van der Waals surface area contributed by atoms with E-state index in [2.05, 4.69) is 0 Å². The third-order valence-corrected chi connectivity index (χ3v) is 6.64. The fourth-order valence-electron chi connectivity index (χ4n) is 4.69. The molecule has 3 atom stereocenters. The van der Waals surface area contributed by atoms with Crippen molar-refractivity contribution >= 4 is 23.2 Å². The monoisotopic (exact) mass is 428 g/mol. The minimum atomic E-state index is -1.15. The molecule has 162 valence electrons. The Kier molecular flexibility index (Phi) is 4.57. The maximum absolute atomic E-state index is 13.9. The molecule has 32 heavy (non-hydrogen) atoms. The number of phenolic OH excluding ortho intramolecular Hbond substituents is 1. The number of para-hydroxylation sites is 1. The first-order valence-electron chi connectivity index (χ1n) is 10.6. The van der Waals surface area contributed by atoms with Crippen molar-refractivity contribution in [3.63, 3.8) is 0 Å². The van der Waals surface area contributed by atoms with Crippen LogP contribution in [-0.2, 0) is 14.4 Å². The number of aryl methyl sites for hydroxylation is 2. The van der Waals surface area contributed by atoms with E-state index in [0.29, 0.717) is 5.69 Å². The third kappa shape index (κ3) is 2.83. The molecular formula is C26H24N2O4. The highest BCUT2D eigenvalue weighted by molar-refractivity contribution is 6.25. The van der Waals surface area contributed by atoms with Gasteiger partial charge in [0, 0.05) is 0 Å². The molecule has 0 spiro atoms. The number of hydroxylamine groups is 1. The first kappa shape index (κ1) is 20.3. The number of fused-ring (bicyclic) bond motifs is 1. The van der Waals surface area contributed by atoms with Crippen LogP contribution in [0.2, 0.25) is 0 Å². The number of nitrogens with zero attached hydrogens (tertiary/aromatic N) is 2. The summed E-state index contributed by atoms with van der Waals surface area (Å²) < 4.78 is 0. The van der Waals surface area contributed by atoms with Crippen LogP contribution in [0.5, 0.6) is 5.75 Å². The summed E-state index contributed by atoms with van der Waals surface area (Å²) in [6.07, 6.45) is -0.962. The lowest BCUT2D eigenvalue weighted by atomic mass is 9.76. The quantitative estimate of drug-likeness (QED) is 0.624. The van der Waals surface area contributed by atoms with Crippen LogP contribution in [0, 0.1) is 19.3 Å². The highest BCUT2D eigenvalue weighted by Crippen LogP contribution is 2.55. The van der Waals surface area contributed by atoms with E-state index in [1.807, 2.05) is 56.3 Å². The maximum atomic E-state index is 13.9. The van der Waals surface area contributed by atoms with Crippen molar-refractivity contribution in [2.75, 3.05) is 9.96 Å². The van der Waals surface area contributed by atoms with Crippen LogP contribution < -0.4 is 9.96 Å². The maximum Gasteiger partial charge on any atom is 0.266 e. The van der Waals surface area contributed by atoms with Crippen molar-refractivity contribution in [2.24, 2.45) is 5.41 Å². The number of carbonyl (C=O) groups excluding carboxylic acids is 2. The Morgan fingerprint density at radius 2 is 1.56 bits per heavy atom. The van der Waals surface area contributed by atoms with E-state index in [0.717, 1.165) is 22.4 Å². The summed E-state index contributed by atoms with van der Waals surface area (Å²) in [6, 6.07) is 21.1. The molecule has 6 nitrogen and oxygen atoms in total. The summed E-state index contributed by atoms with van der Waals surface area (Å²) in [5.74, 6) is -0.540. The number of aromatic hydroxyl groups is 1. The fraction of sp³-hybridized carbons (Fsp3) is 0.231. The van der Waals surface area contributed by atoms with E-state index in [1.54, 1.807) is 42.3 Å². The first-order valence-corrected chi connectivity index (χ1v) is 10.6. The number of amides is 2. The molecule has 5 rings (SSSR count). The topological polar surface area (TPSA) is 70.1 Å². The van der Waals surface area contributed by atoms with Gasteiger partial charge in [0.15, 0.2) is 6.10 Å². The molecule has 0 saturated carbocycles. The van der Waals surface area contributed by atoms with E-state index in [1.165, 1.54) is 4.90 Å². The van der Waals surface area contributed by atoms with Gasteiger partial charge < -0.3 is 5.11 Å².